The van der Waals surface area contributed by atoms with Crippen LogP contribution in [-0.4, -0.2) is 4.98 Å². The Kier molecular flexibility index (Phi) is 3.62. The van der Waals surface area contributed by atoms with Crippen molar-refractivity contribution in [1.29, 1.82) is 0 Å². The lowest BCUT2D eigenvalue weighted by atomic mass is 10.1. The van der Waals surface area contributed by atoms with Crippen LogP contribution in [0.15, 0.2) is 47.2 Å². The van der Waals surface area contributed by atoms with E-state index >= 15 is 0 Å². The molecule has 0 fully saturated rings. The molecule has 0 radical (unpaired) electrons. The van der Waals surface area contributed by atoms with Gasteiger partial charge in [-0.05, 0) is 30.5 Å². The van der Waals surface area contributed by atoms with Crippen molar-refractivity contribution in [3.05, 3.63) is 57.0 Å². The van der Waals surface area contributed by atoms with Crippen molar-refractivity contribution in [3.8, 4) is 11.3 Å². The molecule has 96 valence electrons. The van der Waals surface area contributed by atoms with E-state index in [9.17, 15) is 0 Å². The zero-order valence-electron chi connectivity index (χ0n) is 10.6. The molecule has 0 saturated heterocycles. The van der Waals surface area contributed by atoms with E-state index in [-0.39, 0.29) is 0 Å². The van der Waals surface area contributed by atoms with Crippen LogP contribution in [-0.2, 0) is 6.54 Å². The largest absolute Gasteiger partial charge is 0.380 e. The van der Waals surface area contributed by atoms with Crippen molar-refractivity contribution >= 4 is 28.4 Å². The van der Waals surface area contributed by atoms with E-state index in [0.29, 0.717) is 0 Å². The number of nitrogens with one attached hydrogen (secondary N) is 1. The minimum Gasteiger partial charge on any atom is -0.380 e. The smallest absolute Gasteiger partial charge is 0.0901 e. The zero-order valence-corrected chi connectivity index (χ0v) is 12.2. The molecule has 0 atom stereocenters. The number of thiazole rings is 1. The molecule has 2 aromatic heterocycles. The summed E-state index contributed by atoms with van der Waals surface area (Å²) >= 11 is 3.46. The fraction of sp³-hybridized carbons (Fsp3) is 0.133. The average Bonchev–Trinajstić information content (AvgIpc) is 3.08. The van der Waals surface area contributed by atoms with Gasteiger partial charge in [0.1, 0.15) is 0 Å². The van der Waals surface area contributed by atoms with Crippen LogP contribution in [0.4, 0.5) is 5.69 Å². The van der Waals surface area contributed by atoms with E-state index in [1.807, 2.05) is 6.92 Å². The predicted molar refractivity (Wildman–Crippen MR) is 83.9 cm³/mol. The van der Waals surface area contributed by atoms with Crippen molar-refractivity contribution in [1.82, 2.24) is 4.98 Å². The molecule has 0 unspecified atom stereocenters. The first kappa shape index (κ1) is 12.4. The van der Waals surface area contributed by atoms with Gasteiger partial charge in [0.05, 0.1) is 10.7 Å². The van der Waals surface area contributed by atoms with E-state index in [1.165, 1.54) is 10.4 Å². The fourth-order valence-corrected chi connectivity index (χ4v) is 3.15. The number of hydrogen-bond acceptors (Lipinski definition) is 4. The number of hydrogen-bond donors (Lipinski definition) is 1. The summed E-state index contributed by atoms with van der Waals surface area (Å²) in [5, 5.41) is 8.76. The van der Waals surface area contributed by atoms with Gasteiger partial charge < -0.3 is 5.32 Å². The highest BCUT2D eigenvalue weighted by Gasteiger charge is 2.03. The lowest BCUT2D eigenvalue weighted by Gasteiger charge is -2.06. The highest BCUT2D eigenvalue weighted by molar-refractivity contribution is 7.10. The minimum atomic E-state index is 0.872. The predicted octanol–water partition coefficient (Wildman–Crippen LogP) is 4.79. The van der Waals surface area contributed by atoms with Crippen LogP contribution in [0, 0.1) is 6.92 Å². The summed E-state index contributed by atoms with van der Waals surface area (Å²) in [6.45, 7) is 2.91. The van der Waals surface area contributed by atoms with Crippen LogP contribution in [0.25, 0.3) is 11.3 Å². The van der Waals surface area contributed by atoms with Gasteiger partial charge in [0, 0.05) is 28.1 Å². The Bertz CT molecular complexity index is 656. The van der Waals surface area contributed by atoms with Crippen molar-refractivity contribution in [2.45, 2.75) is 13.5 Å². The number of nitrogens with zero attached hydrogens (tertiary/aromatic N) is 1. The van der Waals surface area contributed by atoms with Crippen LogP contribution < -0.4 is 5.32 Å². The molecule has 2 heterocycles. The molecule has 0 amide bonds. The first-order valence-corrected chi connectivity index (χ1v) is 7.86. The van der Waals surface area contributed by atoms with Gasteiger partial charge in [0.15, 0.2) is 0 Å². The fourth-order valence-electron chi connectivity index (χ4n) is 1.89. The molecule has 0 aliphatic heterocycles. The summed E-state index contributed by atoms with van der Waals surface area (Å²) in [7, 11) is 0. The highest BCUT2D eigenvalue weighted by atomic mass is 32.1. The normalized spacial score (nSPS) is 10.6. The van der Waals surface area contributed by atoms with E-state index < -0.39 is 0 Å². The molecule has 4 heteroatoms. The Hall–Kier alpha value is -1.65. The van der Waals surface area contributed by atoms with Crippen LogP contribution >= 0.6 is 22.7 Å². The first-order chi connectivity index (χ1) is 9.31. The first-order valence-electron chi connectivity index (χ1n) is 6.10. The highest BCUT2D eigenvalue weighted by Crippen LogP contribution is 2.24. The Balaban J connectivity index is 1.76. The third kappa shape index (κ3) is 3.03. The van der Waals surface area contributed by atoms with Gasteiger partial charge in [-0.15, -0.1) is 22.7 Å². The monoisotopic (exact) mass is 286 g/mol. The van der Waals surface area contributed by atoms with Gasteiger partial charge >= 0.3 is 0 Å². The van der Waals surface area contributed by atoms with Gasteiger partial charge in [0.2, 0.25) is 0 Å². The molecule has 1 N–H and O–H groups in total. The van der Waals surface area contributed by atoms with Crippen molar-refractivity contribution in [3.63, 3.8) is 0 Å². The number of aromatic nitrogens is 1. The van der Waals surface area contributed by atoms with Crippen molar-refractivity contribution in [2.75, 3.05) is 5.32 Å². The van der Waals surface area contributed by atoms with Crippen LogP contribution in [0.3, 0.4) is 0 Å². The maximum atomic E-state index is 4.52. The maximum absolute atomic E-state index is 4.52. The summed E-state index contributed by atoms with van der Waals surface area (Å²) in [6.07, 6.45) is 0. The molecule has 0 spiro atoms. The van der Waals surface area contributed by atoms with Gasteiger partial charge in [-0.3, -0.25) is 0 Å². The number of thiophene rings is 1. The summed E-state index contributed by atoms with van der Waals surface area (Å²) in [5.74, 6) is 0. The maximum Gasteiger partial charge on any atom is 0.0901 e. The Labute approximate surface area is 120 Å². The summed E-state index contributed by atoms with van der Waals surface area (Å²) < 4.78 is 0. The second kappa shape index (κ2) is 5.55. The molecular formula is C15H14N2S2. The average molecular weight is 286 g/mol. The topological polar surface area (TPSA) is 24.9 Å². The van der Waals surface area contributed by atoms with Crippen LogP contribution in [0.2, 0.25) is 0 Å². The van der Waals surface area contributed by atoms with E-state index in [1.54, 1.807) is 22.7 Å². The zero-order chi connectivity index (χ0) is 13.1. The SMILES string of the molecule is Cc1nc(-c2cccc(NCc3cccs3)c2)cs1. The van der Waals surface area contributed by atoms with E-state index in [2.05, 4.69) is 57.5 Å². The molecular weight excluding hydrogens is 272 g/mol. The summed E-state index contributed by atoms with van der Waals surface area (Å²) in [4.78, 5) is 5.87. The van der Waals surface area contributed by atoms with E-state index in [4.69, 9.17) is 0 Å². The third-order valence-electron chi connectivity index (χ3n) is 2.82. The standard InChI is InChI=1S/C15H14N2S2/c1-11-17-15(10-19-11)12-4-2-5-13(8-12)16-9-14-6-3-7-18-14/h2-8,10,16H,9H2,1H3. The molecule has 0 bridgehead atoms. The van der Waals surface area contributed by atoms with Crippen molar-refractivity contribution in [2.24, 2.45) is 0 Å². The second-order valence-corrected chi connectivity index (χ2v) is 6.36. The van der Waals surface area contributed by atoms with Crippen LogP contribution in [0.5, 0.6) is 0 Å². The summed E-state index contributed by atoms with van der Waals surface area (Å²) in [5.41, 5.74) is 3.36. The lowest BCUT2D eigenvalue weighted by Crippen LogP contribution is -1.97. The molecule has 0 aliphatic rings. The molecule has 1 aromatic carbocycles. The Morgan fingerprint density at radius 1 is 1.16 bits per heavy atom. The van der Waals surface area contributed by atoms with Crippen LogP contribution in [0.1, 0.15) is 9.88 Å². The summed E-state index contributed by atoms with van der Waals surface area (Å²) in [6, 6.07) is 12.6. The quantitative estimate of drug-likeness (QED) is 0.745. The Morgan fingerprint density at radius 2 is 2.11 bits per heavy atom. The van der Waals surface area contributed by atoms with Crippen molar-refractivity contribution < 1.29 is 0 Å². The number of aryl methyl sites for hydroxylation is 1. The second-order valence-electron chi connectivity index (χ2n) is 4.27. The third-order valence-corrected chi connectivity index (χ3v) is 4.47. The minimum absolute atomic E-state index is 0.872. The number of rotatable bonds is 4. The van der Waals surface area contributed by atoms with E-state index in [0.717, 1.165) is 22.9 Å². The molecule has 3 rings (SSSR count). The van der Waals surface area contributed by atoms with Gasteiger partial charge in [0.25, 0.3) is 0 Å². The lowest BCUT2D eigenvalue weighted by molar-refractivity contribution is 1.19. The number of benzene rings is 1. The van der Waals surface area contributed by atoms with Gasteiger partial charge in [-0.25, -0.2) is 4.98 Å². The van der Waals surface area contributed by atoms with Gasteiger partial charge in [-0.2, -0.15) is 0 Å². The van der Waals surface area contributed by atoms with Gasteiger partial charge in [-0.1, -0.05) is 18.2 Å². The molecule has 0 aliphatic carbocycles. The number of anilines is 1. The molecule has 2 nitrogen and oxygen atoms in total. The molecule has 19 heavy (non-hydrogen) atoms. The molecule has 3 aromatic rings. The molecule has 0 saturated carbocycles. The Morgan fingerprint density at radius 3 is 2.84 bits per heavy atom.